The lowest BCUT2D eigenvalue weighted by molar-refractivity contribution is -0.137. The summed E-state index contributed by atoms with van der Waals surface area (Å²) in [6.45, 7) is 4.75. The van der Waals surface area contributed by atoms with E-state index in [0.29, 0.717) is 18.2 Å². The van der Waals surface area contributed by atoms with Gasteiger partial charge in [0.05, 0.1) is 23.4 Å². The van der Waals surface area contributed by atoms with E-state index in [-0.39, 0.29) is 13.1 Å². The second-order valence-electron chi connectivity index (χ2n) is 5.45. The Bertz CT molecular complexity index is 539. The Hall–Kier alpha value is -1.83. The van der Waals surface area contributed by atoms with Crippen molar-refractivity contribution >= 4 is 11.7 Å². The number of amides is 2. The predicted molar refractivity (Wildman–Crippen MR) is 74.0 cm³/mol. The second-order valence-corrected chi connectivity index (χ2v) is 5.45. The van der Waals surface area contributed by atoms with E-state index >= 15 is 0 Å². The van der Waals surface area contributed by atoms with Crippen LogP contribution >= 0.6 is 0 Å². The highest BCUT2D eigenvalue weighted by Gasteiger charge is 2.31. The van der Waals surface area contributed by atoms with Gasteiger partial charge in [0.25, 0.3) is 0 Å². The molecule has 0 aromatic heterocycles. The zero-order valence-corrected chi connectivity index (χ0v) is 12.5. The molecule has 1 aromatic rings. The summed E-state index contributed by atoms with van der Waals surface area (Å²) in [5.41, 5.74) is -2.80. The van der Waals surface area contributed by atoms with Crippen molar-refractivity contribution in [2.75, 3.05) is 18.4 Å². The topological polar surface area (TPSA) is 52.6 Å². The Morgan fingerprint density at radius 2 is 1.91 bits per heavy atom. The summed E-state index contributed by atoms with van der Waals surface area (Å²) in [7, 11) is 0. The molecule has 0 atom stereocenters. The number of urea groups is 1. The minimum atomic E-state index is -4.63. The first kappa shape index (κ1) is 18.2. The molecule has 2 N–H and O–H groups in total. The van der Waals surface area contributed by atoms with Crippen molar-refractivity contribution in [3.8, 4) is 0 Å². The Kier molecular flexibility index (Phi) is 5.39. The predicted octanol–water partition coefficient (Wildman–Crippen LogP) is 3.47. The van der Waals surface area contributed by atoms with Gasteiger partial charge in [-0.25, -0.2) is 9.18 Å². The van der Waals surface area contributed by atoms with Crippen molar-refractivity contribution in [1.82, 2.24) is 4.90 Å². The third-order valence-electron chi connectivity index (χ3n) is 2.78. The van der Waals surface area contributed by atoms with Crippen LogP contribution in [0.1, 0.15) is 26.3 Å². The average molecular weight is 322 g/mol. The number of hydrogen-bond acceptors (Lipinski definition) is 2. The second kappa shape index (κ2) is 6.51. The Balaban J connectivity index is 2.96. The molecule has 22 heavy (non-hydrogen) atoms. The molecule has 0 unspecified atom stereocenters. The number of rotatable bonds is 4. The van der Waals surface area contributed by atoms with Crippen LogP contribution in [0.3, 0.4) is 0 Å². The van der Waals surface area contributed by atoms with E-state index in [1.807, 2.05) is 0 Å². The summed E-state index contributed by atoms with van der Waals surface area (Å²) < 4.78 is 51.4. The van der Waals surface area contributed by atoms with Crippen molar-refractivity contribution in [3.05, 3.63) is 29.6 Å². The van der Waals surface area contributed by atoms with Gasteiger partial charge in [0, 0.05) is 6.54 Å². The quantitative estimate of drug-likeness (QED) is 0.834. The van der Waals surface area contributed by atoms with Gasteiger partial charge in [-0.15, -0.1) is 0 Å². The summed E-state index contributed by atoms with van der Waals surface area (Å²) in [4.78, 5) is 13.2. The van der Waals surface area contributed by atoms with Crippen molar-refractivity contribution in [1.29, 1.82) is 0 Å². The smallest absolute Gasteiger partial charge is 0.389 e. The Morgan fingerprint density at radius 3 is 2.36 bits per heavy atom. The molecule has 0 radical (unpaired) electrons. The Labute approximate surface area is 125 Å². The van der Waals surface area contributed by atoms with Gasteiger partial charge in [0.2, 0.25) is 0 Å². The van der Waals surface area contributed by atoms with Crippen molar-refractivity contribution < 1.29 is 27.5 Å². The molecule has 8 heteroatoms. The van der Waals surface area contributed by atoms with Gasteiger partial charge in [0.15, 0.2) is 0 Å². The molecule has 0 fully saturated rings. The summed E-state index contributed by atoms with van der Waals surface area (Å²) in [6, 6.07) is 0.984. The largest absolute Gasteiger partial charge is 0.416 e. The maximum absolute atomic E-state index is 13.6. The van der Waals surface area contributed by atoms with Crippen molar-refractivity contribution in [2.45, 2.75) is 32.5 Å². The van der Waals surface area contributed by atoms with E-state index < -0.39 is 34.9 Å². The zero-order valence-electron chi connectivity index (χ0n) is 12.5. The van der Waals surface area contributed by atoms with E-state index in [9.17, 15) is 27.5 Å². The van der Waals surface area contributed by atoms with Crippen LogP contribution in [0.5, 0.6) is 0 Å². The van der Waals surface area contributed by atoms with E-state index in [2.05, 4.69) is 5.32 Å². The van der Waals surface area contributed by atoms with E-state index in [0.717, 1.165) is 0 Å². The first-order valence-electron chi connectivity index (χ1n) is 6.59. The standard InChI is InChI=1S/C14H18F4N2O2/c1-4-20(8-13(2,3)22)12(21)19-11-7-9(14(16,17)18)5-6-10(11)15/h5-7,22H,4,8H2,1-3H3,(H,19,21). The number of carbonyl (C=O) groups is 1. The fourth-order valence-electron chi connectivity index (χ4n) is 1.79. The van der Waals surface area contributed by atoms with Crippen LogP contribution < -0.4 is 5.32 Å². The molecule has 1 aromatic carbocycles. The van der Waals surface area contributed by atoms with Gasteiger partial charge < -0.3 is 15.3 Å². The number of likely N-dealkylation sites (N-methyl/N-ethyl adjacent to an activating group) is 1. The number of carbonyl (C=O) groups excluding carboxylic acids is 1. The number of nitrogens with zero attached hydrogens (tertiary/aromatic N) is 1. The SMILES string of the molecule is CCN(CC(C)(C)O)C(=O)Nc1cc(C(F)(F)F)ccc1F. The van der Waals surface area contributed by atoms with Crippen LogP contribution in [0.15, 0.2) is 18.2 Å². The average Bonchev–Trinajstić information content (AvgIpc) is 2.36. The van der Waals surface area contributed by atoms with Crippen LogP contribution in [-0.4, -0.2) is 34.7 Å². The van der Waals surface area contributed by atoms with Gasteiger partial charge >= 0.3 is 12.2 Å². The fraction of sp³-hybridized carbons (Fsp3) is 0.500. The molecule has 0 spiro atoms. The van der Waals surface area contributed by atoms with Crippen LogP contribution in [0.4, 0.5) is 28.0 Å². The van der Waals surface area contributed by atoms with Gasteiger partial charge in [-0.1, -0.05) is 0 Å². The van der Waals surface area contributed by atoms with E-state index in [1.54, 1.807) is 6.92 Å². The van der Waals surface area contributed by atoms with Crippen LogP contribution in [0.25, 0.3) is 0 Å². The number of alkyl halides is 3. The Morgan fingerprint density at radius 1 is 1.32 bits per heavy atom. The number of anilines is 1. The molecule has 0 heterocycles. The molecule has 0 aliphatic carbocycles. The monoisotopic (exact) mass is 322 g/mol. The van der Waals surface area contributed by atoms with Gasteiger partial charge in [-0.2, -0.15) is 13.2 Å². The normalized spacial score (nSPS) is 12.2. The lowest BCUT2D eigenvalue weighted by Gasteiger charge is -2.28. The first-order valence-corrected chi connectivity index (χ1v) is 6.59. The minimum absolute atomic E-state index is 0.0457. The molecule has 0 saturated carbocycles. The zero-order chi connectivity index (χ0) is 17.1. The molecule has 0 bridgehead atoms. The van der Waals surface area contributed by atoms with Crippen molar-refractivity contribution in [3.63, 3.8) is 0 Å². The third-order valence-corrected chi connectivity index (χ3v) is 2.78. The highest BCUT2D eigenvalue weighted by Crippen LogP contribution is 2.31. The number of nitrogens with one attached hydrogen (secondary N) is 1. The van der Waals surface area contributed by atoms with E-state index in [4.69, 9.17) is 0 Å². The fourth-order valence-corrected chi connectivity index (χ4v) is 1.79. The molecular weight excluding hydrogens is 304 g/mol. The highest BCUT2D eigenvalue weighted by molar-refractivity contribution is 5.89. The number of halogens is 4. The molecule has 4 nitrogen and oxygen atoms in total. The summed E-state index contributed by atoms with van der Waals surface area (Å²) >= 11 is 0. The number of hydrogen-bond donors (Lipinski definition) is 2. The van der Waals surface area contributed by atoms with Gasteiger partial charge in [0.1, 0.15) is 5.82 Å². The third kappa shape index (κ3) is 5.18. The van der Waals surface area contributed by atoms with Gasteiger partial charge in [-0.05, 0) is 39.0 Å². The molecule has 0 saturated heterocycles. The molecule has 2 amide bonds. The first-order chi connectivity index (χ1) is 9.94. The lowest BCUT2D eigenvalue weighted by Crippen LogP contribution is -2.44. The number of benzene rings is 1. The maximum atomic E-state index is 13.6. The van der Waals surface area contributed by atoms with Crippen LogP contribution in [0.2, 0.25) is 0 Å². The molecule has 1 rings (SSSR count). The minimum Gasteiger partial charge on any atom is -0.389 e. The van der Waals surface area contributed by atoms with Crippen molar-refractivity contribution in [2.24, 2.45) is 0 Å². The van der Waals surface area contributed by atoms with E-state index in [1.165, 1.54) is 18.7 Å². The number of aliphatic hydroxyl groups is 1. The lowest BCUT2D eigenvalue weighted by atomic mass is 10.1. The summed E-state index contributed by atoms with van der Waals surface area (Å²) in [6.07, 6.45) is -4.63. The molecule has 0 aliphatic heterocycles. The van der Waals surface area contributed by atoms with Crippen LogP contribution in [0, 0.1) is 5.82 Å². The molecule has 124 valence electrons. The highest BCUT2D eigenvalue weighted by atomic mass is 19.4. The molecule has 0 aliphatic rings. The van der Waals surface area contributed by atoms with Gasteiger partial charge in [-0.3, -0.25) is 0 Å². The summed E-state index contributed by atoms with van der Waals surface area (Å²) in [5.74, 6) is -0.972. The van der Waals surface area contributed by atoms with Crippen LogP contribution in [-0.2, 0) is 6.18 Å². The summed E-state index contributed by atoms with van der Waals surface area (Å²) in [5, 5.41) is 11.8. The molecular formula is C14H18F4N2O2. The maximum Gasteiger partial charge on any atom is 0.416 e.